The number of alkyl halides is 1. The lowest BCUT2D eigenvalue weighted by Gasteiger charge is -2.27. The van der Waals surface area contributed by atoms with E-state index in [0.717, 1.165) is 17.8 Å². The summed E-state index contributed by atoms with van der Waals surface area (Å²) in [7, 11) is -17.0. The van der Waals surface area contributed by atoms with Crippen molar-refractivity contribution >= 4 is 52.2 Å². The van der Waals surface area contributed by atoms with Gasteiger partial charge in [0.2, 0.25) is 11.6 Å². The van der Waals surface area contributed by atoms with Gasteiger partial charge in [-0.15, -0.1) is 0 Å². The number of halogens is 2. The maximum absolute atomic E-state index is 16.3. The zero-order valence-corrected chi connectivity index (χ0v) is 21.2. The Morgan fingerprint density at radius 2 is 1.94 bits per heavy atom. The van der Waals surface area contributed by atoms with Crippen molar-refractivity contribution < 1.29 is 60.6 Å². The molecular formula is C14H18ClFN5O12P3. The Morgan fingerprint density at radius 1 is 1.28 bits per heavy atom. The second-order valence-corrected chi connectivity index (χ2v) is 11.8. The smallest absolute Gasteiger partial charge is 0.396 e. The largest absolute Gasteiger partial charge is 0.490 e. The molecule has 22 heteroatoms. The van der Waals surface area contributed by atoms with Gasteiger partial charge in [0.05, 0.1) is 37.3 Å². The molecule has 1 fully saturated rings. The number of hydrogen-bond acceptors (Lipinski definition) is 12. The molecular weight excluding hydrogens is 578 g/mol. The number of aliphatic hydroxyl groups is 1. The predicted molar refractivity (Wildman–Crippen MR) is 116 cm³/mol. The molecule has 1 aliphatic heterocycles. The number of aromatic nitrogens is 4. The number of imidazole rings is 1. The molecule has 7 N–H and O–H groups in total. The van der Waals surface area contributed by atoms with E-state index >= 15 is 4.39 Å². The van der Waals surface area contributed by atoms with Gasteiger partial charge in [-0.1, -0.05) is 0 Å². The van der Waals surface area contributed by atoms with Crippen LogP contribution in [0.1, 0.15) is 13.2 Å². The van der Waals surface area contributed by atoms with Crippen LogP contribution in [0.15, 0.2) is 12.5 Å². The highest BCUT2D eigenvalue weighted by Gasteiger charge is 2.60. The number of nitrogens with zero attached hydrogens (tertiary/aromatic N) is 4. The van der Waals surface area contributed by atoms with Crippen molar-refractivity contribution in [3.05, 3.63) is 12.5 Å². The molecule has 0 saturated carbocycles. The van der Waals surface area contributed by atoms with Gasteiger partial charge in [0.15, 0.2) is 11.9 Å². The number of phosphoric ester groups is 1. The van der Waals surface area contributed by atoms with Crippen LogP contribution >= 0.6 is 35.1 Å². The molecule has 17 nitrogen and oxygen atoms in total. The van der Waals surface area contributed by atoms with Gasteiger partial charge in [-0.2, -0.15) is 13.6 Å². The van der Waals surface area contributed by atoms with Gasteiger partial charge in [0.25, 0.3) is 0 Å². The fraction of sp³-hybridized carbons (Fsp3) is 0.500. The summed E-state index contributed by atoms with van der Waals surface area (Å²) in [5, 5.41) is 11.8. The van der Waals surface area contributed by atoms with Crippen LogP contribution in [0.2, 0.25) is 0 Å². The zero-order chi connectivity index (χ0) is 27.1. The first kappa shape index (κ1) is 29.0. The number of hydrogen-bond donors (Lipinski definition) is 6. The van der Waals surface area contributed by atoms with E-state index in [9.17, 15) is 28.6 Å². The zero-order valence-electron chi connectivity index (χ0n) is 17.7. The second-order valence-electron chi connectivity index (χ2n) is 7.22. The van der Waals surface area contributed by atoms with Gasteiger partial charge in [-0.3, -0.25) is 9.09 Å². The van der Waals surface area contributed by atoms with E-state index in [1.165, 1.54) is 6.20 Å². The highest BCUT2D eigenvalue weighted by molar-refractivity contribution is 7.66. The molecule has 0 bridgehead atoms. The van der Waals surface area contributed by atoms with Crippen molar-refractivity contribution in [3.63, 3.8) is 0 Å². The SMILES string of the molecule is C[C@H](OP(=O)(O)OP(=O)(O)OP(=O)(O)O)[C@H]1O[C@@H](n2cnc3cnc(N)nc32)C(F)(C#CCl)C1CO. The summed E-state index contributed by atoms with van der Waals surface area (Å²) in [5.74, 6) is 0.290. The molecule has 36 heavy (non-hydrogen) atoms. The van der Waals surface area contributed by atoms with Crippen molar-refractivity contribution in [3.8, 4) is 11.3 Å². The van der Waals surface area contributed by atoms with Gasteiger partial charge in [0, 0.05) is 5.38 Å². The summed E-state index contributed by atoms with van der Waals surface area (Å²) in [6.45, 7) is 0.0892. The summed E-state index contributed by atoms with van der Waals surface area (Å²) in [6, 6.07) is 0. The van der Waals surface area contributed by atoms with Crippen LogP contribution in [0.25, 0.3) is 11.2 Å². The topological polar surface area (TPSA) is 259 Å². The summed E-state index contributed by atoms with van der Waals surface area (Å²) < 4.78 is 69.6. The first-order valence-electron chi connectivity index (χ1n) is 9.37. The predicted octanol–water partition coefficient (Wildman–Crippen LogP) is 0.554. The number of anilines is 1. The van der Waals surface area contributed by atoms with Crippen molar-refractivity contribution in [1.29, 1.82) is 0 Å². The third kappa shape index (κ3) is 6.29. The van der Waals surface area contributed by atoms with E-state index in [2.05, 4.69) is 29.5 Å². The van der Waals surface area contributed by atoms with Crippen LogP contribution in [0, 0.1) is 17.2 Å². The van der Waals surface area contributed by atoms with E-state index in [4.69, 9.17) is 36.4 Å². The van der Waals surface area contributed by atoms with E-state index in [0.29, 0.717) is 0 Å². The molecule has 2 aromatic heterocycles. The quantitative estimate of drug-likeness (QED) is 0.171. The van der Waals surface area contributed by atoms with E-state index in [-0.39, 0.29) is 17.1 Å². The van der Waals surface area contributed by atoms with E-state index in [1.807, 2.05) is 5.38 Å². The molecule has 7 atom stereocenters. The number of aliphatic hydroxyl groups excluding tert-OH is 1. The Labute approximate surface area is 205 Å². The molecule has 4 unspecified atom stereocenters. The number of rotatable bonds is 9. The molecule has 3 heterocycles. The minimum Gasteiger partial charge on any atom is -0.396 e. The average molecular weight is 596 g/mol. The van der Waals surface area contributed by atoms with Crippen LogP contribution in [0.5, 0.6) is 0 Å². The standard InChI is InChI=1S/C14H18ClFN5O12P3/c1-7(31-35(26,27)33-36(28,29)32-34(23,24)25)10-8(5-22)14(16,2-3-15)12(30-10)21-6-19-9-4-18-13(17)20-11(9)21/h4,6-8,10,12,22H,5H2,1H3,(H,26,27)(H,28,29)(H2,17,18,20)(H2,23,24,25)/t7-,8?,10+,12+,14?/m0/s1. The summed E-state index contributed by atoms with van der Waals surface area (Å²) in [6.07, 6.45) is -2.65. The molecule has 1 saturated heterocycles. The molecule has 0 radical (unpaired) electrons. The van der Waals surface area contributed by atoms with Crippen molar-refractivity contribution in [2.45, 2.75) is 31.0 Å². The molecule has 3 rings (SSSR count). The normalized spacial score (nSPS) is 28.7. The number of ether oxygens (including phenoxy) is 1. The maximum Gasteiger partial charge on any atom is 0.490 e. The molecule has 0 aliphatic carbocycles. The first-order valence-corrected chi connectivity index (χ1v) is 14.3. The van der Waals surface area contributed by atoms with Gasteiger partial charge in [0.1, 0.15) is 5.52 Å². The van der Waals surface area contributed by atoms with Gasteiger partial charge in [-0.25, -0.2) is 28.1 Å². The minimum atomic E-state index is -5.81. The van der Waals surface area contributed by atoms with Crippen molar-refractivity contribution in [2.75, 3.05) is 12.3 Å². The minimum absolute atomic E-state index is 0.00350. The Morgan fingerprint density at radius 3 is 2.53 bits per heavy atom. The highest BCUT2D eigenvalue weighted by Crippen LogP contribution is 2.67. The first-order chi connectivity index (χ1) is 16.5. The lowest BCUT2D eigenvalue weighted by Crippen LogP contribution is -2.42. The van der Waals surface area contributed by atoms with Gasteiger partial charge < -0.3 is 35.2 Å². The molecule has 1 aliphatic rings. The number of fused-ring (bicyclic) bond motifs is 1. The summed E-state index contributed by atoms with van der Waals surface area (Å²) in [5.41, 5.74) is 2.99. The summed E-state index contributed by atoms with van der Waals surface area (Å²) in [4.78, 5) is 48.1. The Hall–Kier alpha value is -1.54. The number of nitrogens with two attached hydrogens (primary N) is 1. The van der Waals surface area contributed by atoms with Crippen LogP contribution in [-0.2, 0) is 31.6 Å². The molecule has 0 spiro atoms. The van der Waals surface area contributed by atoms with Gasteiger partial charge >= 0.3 is 23.5 Å². The van der Waals surface area contributed by atoms with Crippen molar-refractivity contribution in [1.82, 2.24) is 19.5 Å². The van der Waals surface area contributed by atoms with Crippen LogP contribution in [0.3, 0.4) is 0 Å². The fourth-order valence-corrected chi connectivity index (χ4v) is 6.86. The van der Waals surface area contributed by atoms with E-state index in [1.54, 1.807) is 0 Å². The fourth-order valence-electron chi connectivity index (χ4n) is 3.51. The monoisotopic (exact) mass is 595 g/mol. The summed E-state index contributed by atoms with van der Waals surface area (Å²) >= 11 is 5.44. The Kier molecular flexibility index (Phi) is 8.32. The molecule has 2 aromatic rings. The number of phosphoric acid groups is 3. The Bertz CT molecular complexity index is 1350. The molecule has 200 valence electrons. The van der Waals surface area contributed by atoms with Crippen LogP contribution in [-0.4, -0.2) is 68.7 Å². The van der Waals surface area contributed by atoms with Gasteiger partial charge in [-0.05, 0) is 24.4 Å². The van der Waals surface area contributed by atoms with Crippen molar-refractivity contribution in [2.24, 2.45) is 5.92 Å². The van der Waals surface area contributed by atoms with E-state index < -0.39 is 60.1 Å². The van der Waals surface area contributed by atoms with Crippen LogP contribution < -0.4 is 5.73 Å². The number of nitrogen functional groups attached to an aromatic ring is 1. The average Bonchev–Trinajstić information content (AvgIpc) is 3.22. The molecule has 0 amide bonds. The lowest BCUT2D eigenvalue weighted by molar-refractivity contribution is -0.0712. The third-order valence-corrected chi connectivity index (χ3v) is 8.80. The third-order valence-electron chi connectivity index (χ3n) is 4.78. The maximum atomic E-state index is 16.3. The van der Waals surface area contributed by atoms with Crippen LogP contribution in [0.4, 0.5) is 10.3 Å². The highest BCUT2D eigenvalue weighted by atomic mass is 35.5. The second kappa shape index (κ2) is 10.3. The molecule has 0 aromatic carbocycles. The lowest BCUT2D eigenvalue weighted by atomic mass is 9.85. The Balaban J connectivity index is 1.93.